The fourth-order valence-electron chi connectivity index (χ4n) is 31.9. The van der Waals surface area contributed by atoms with Crippen molar-refractivity contribution >= 4 is 53.9 Å². The molecular formula is C105H176INaO16S3. The van der Waals surface area contributed by atoms with Crippen LogP contribution in [0.5, 0.6) is 0 Å². The number of aliphatic hydroxyl groups excluding tert-OH is 1. The van der Waals surface area contributed by atoms with Gasteiger partial charge in [-0.2, -0.15) is 7.20 Å². The number of rotatable bonds is 14. The average molecular weight is 1940 g/mol. The third-order valence-electron chi connectivity index (χ3n) is 38.9. The SMILES string of the molecule is C.C1CC2(CO1)CO2.CO.CS(C)(C)I.C[C@H](C(CC1(O)CCOC1)S(=O)(=O)c1ccccc1)[C@H]1CC[C@H]2[C@@H]3CC[C@H]4C[C@@](C)(O)CC[C@]4(C)[C@H]3CC[C@]12C.C[C@H](CCC1(O)CCOC1)[C@H]1CC[C@H]2[C@@H]3CC[C@H]4C[C@@](C)(O)CC[C@]4(C)[C@H]3CC[C@]12C.C[C@H](CS(=O)(=O)c1ccccc1)[C@H]1CC[C@H]2[C@@H]3CC[C@H]4C[C@@](C)(O)CC[C@]4(C)[C@H]3CC[C@]12C.O=C1CCOC1.[H-].[Na+]. The number of carbonyl (C=O) groups is 1. The number of benzene rings is 2. The van der Waals surface area contributed by atoms with Gasteiger partial charge in [-0.25, -0.2) is 16.8 Å². The van der Waals surface area contributed by atoms with Crippen molar-refractivity contribution in [1.29, 1.82) is 0 Å². The molecule has 31 atom stereocenters. The second kappa shape index (κ2) is 41.4. The van der Waals surface area contributed by atoms with Gasteiger partial charge in [0.2, 0.25) is 0 Å². The first kappa shape index (κ1) is 106. The van der Waals surface area contributed by atoms with Gasteiger partial charge in [-0.1, -0.05) is 106 Å². The van der Waals surface area contributed by atoms with Crippen LogP contribution in [0.4, 0.5) is 0 Å². The van der Waals surface area contributed by atoms with Crippen molar-refractivity contribution in [2.75, 3.05) is 91.1 Å². The van der Waals surface area contributed by atoms with Crippen LogP contribution in [0.15, 0.2) is 70.5 Å². The molecule has 1 spiro atoms. The summed E-state index contributed by atoms with van der Waals surface area (Å²) in [7, 11) is -6.07. The first-order valence-corrected chi connectivity index (χ1v) is 58.2. The van der Waals surface area contributed by atoms with E-state index in [1.807, 2.05) is 38.1 Å². The first-order valence-electron chi connectivity index (χ1n) is 49.6. The molecule has 0 amide bonds. The largest absolute Gasteiger partial charge is 1.00 e. The number of aliphatic hydroxyl groups is 6. The molecule has 126 heavy (non-hydrogen) atoms. The van der Waals surface area contributed by atoms with Crippen LogP contribution in [-0.2, 0) is 48.2 Å². The van der Waals surface area contributed by atoms with Gasteiger partial charge >= 0.3 is 29.6 Å². The van der Waals surface area contributed by atoms with Crippen molar-refractivity contribution in [3.05, 3.63) is 60.7 Å². The summed E-state index contributed by atoms with van der Waals surface area (Å²) in [5.41, 5.74) is -0.761. The van der Waals surface area contributed by atoms with Gasteiger partial charge in [0.1, 0.15) is 12.2 Å². The van der Waals surface area contributed by atoms with Gasteiger partial charge in [0.25, 0.3) is 0 Å². The van der Waals surface area contributed by atoms with Gasteiger partial charge in [0, 0.05) is 52.6 Å². The van der Waals surface area contributed by atoms with E-state index in [1.54, 1.807) is 36.4 Å². The predicted octanol–water partition coefficient (Wildman–Crippen LogP) is 18.4. The Labute approximate surface area is 802 Å². The minimum Gasteiger partial charge on any atom is -1.00 e. The summed E-state index contributed by atoms with van der Waals surface area (Å²) in [5, 5.41) is 60.8. The Morgan fingerprint density at radius 1 is 0.437 bits per heavy atom. The standard InChI is InChI=1S/C34H52O5S.C29H44O3S.C28H48O3.C5H8O2.C4H6O2.C3H9IS.CH4O.CH4.Na.H/c1-23(30(21-34(36)18-19-39-22-34)40(37,38)25-8-6-5-7-9-25)27-12-13-28-26-11-10-24-20-31(2,35)16-17-32(24,3)29(26)14-15-33(27,28)4;1-20(19-33(31,32)22-8-6-5-7-9-22)24-12-13-25-23-11-10-21-18-27(2,30)16-17-28(21,3)26(23)14-15-29(24,25)4;1-19(9-12-28(30)15-16-31-18-28)22-7-8-23-21-6-5-20-17-25(2,29)13-14-26(20,3)24(21)10-11-27(22,23)4;1-2-6-3-5(1)4-7-5;5-4-1-2-6-3-4;1-5(2,3)4;1-2;;;/h5-9,23-24,26-30,35-36H,10-22H2,1-4H3;5-9,20-21,23-26,30H,10-19H2,1-4H3;19-24,29-30H,5-18H2,1-4H3;1-4H2;1-3H2;1-3H3;2H,1H3;1H4;;/q;;;;;;;;+1;-1/t23-,24-,26-,27+,28-,29-,30?,31-,32-,33+,34?;20-,21+,23+,24-,25+,26+,27+,28+,29-;19-,20+,21+,22-,23+,24+,25+,26+,27-,28?;;;;;;;/m011......./s1. The monoisotopic (exact) mass is 1940 g/mol. The number of sulfone groups is 2. The van der Waals surface area contributed by atoms with E-state index in [2.05, 4.69) is 109 Å². The van der Waals surface area contributed by atoms with Gasteiger partial charge in [0.15, 0.2) is 25.5 Å². The third kappa shape index (κ3) is 23.0. The molecule has 5 aliphatic heterocycles. The van der Waals surface area contributed by atoms with E-state index in [4.69, 9.17) is 28.8 Å². The van der Waals surface area contributed by atoms with E-state index in [0.717, 1.165) is 170 Å². The minimum atomic E-state index is -3.63. The van der Waals surface area contributed by atoms with Crippen LogP contribution >= 0.6 is 28.4 Å². The molecule has 16 nitrogen and oxygen atoms in total. The number of ether oxygens (including phenoxy) is 5. The van der Waals surface area contributed by atoms with E-state index in [-0.39, 0.29) is 98.4 Å². The summed E-state index contributed by atoms with van der Waals surface area (Å²) in [4.78, 5) is 11.0. The summed E-state index contributed by atoms with van der Waals surface area (Å²) in [5.74, 6) is 12.1. The third-order valence-corrected chi connectivity index (χ3v) is 43.2. The van der Waals surface area contributed by atoms with Crippen molar-refractivity contribution in [2.45, 2.75) is 357 Å². The Morgan fingerprint density at radius 3 is 1.17 bits per heavy atom. The van der Waals surface area contributed by atoms with Crippen LogP contribution in [0.3, 0.4) is 0 Å². The van der Waals surface area contributed by atoms with Gasteiger partial charge in [-0.15, -0.1) is 0 Å². The molecule has 17 fully saturated rings. The molecule has 5 heterocycles. The topological polar surface area (TPSA) is 256 Å². The zero-order valence-corrected chi connectivity index (χ0v) is 87.3. The number of fused-ring (bicyclic) bond motifs is 15. The van der Waals surface area contributed by atoms with Gasteiger partial charge in [-0.3, -0.25) is 4.79 Å². The number of ketones is 1. The van der Waals surface area contributed by atoms with E-state index < -0.39 is 52.9 Å². The molecular weight excluding hydrogens is 1760 g/mol. The van der Waals surface area contributed by atoms with Crippen LogP contribution in [0.25, 0.3) is 0 Å². The maximum absolute atomic E-state index is 14.2. The number of halogens is 1. The van der Waals surface area contributed by atoms with Crippen molar-refractivity contribution < 1.29 is 107 Å². The fourth-order valence-corrected chi connectivity index (χ4v) is 35.8. The smallest absolute Gasteiger partial charge is 1.00 e. The molecule has 718 valence electrons. The molecule has 21 heteroatoms. The van der Waals surface area contributed by atoms with Gasteiger partial charge in [-0.05, 0) is 417 Å². The maximum Gasteiger partial charge on any atom is 1.00 e. The number of carbonyl (C=O) groups excluding carboxylic acids is 1. The number of hydrogen-bond donors (Lipinski definition) is 6. The Balaban J connectivity index is 0.000000177. The van der Waals surface area contributed by atoms with Crippen LogP contribution < -0.4 is 29.6 Å². The van der Waals surface area contributed by atoms with Crippen molar-refractivity contribution in [2.24, 2.45) is 139 Å². The normalized spacial score (nSPS) is 44.9. The van der Waals surface area contributed by atoms with E-state index >= 15 is 0 Å². The molecule has 6 N–H and O–H groups in total. The Hall–Kier alpha value is -0.350. The second-order valence-electron chi connectivity index (χ2n) is 47.7. The van der Waals surface area contributed by atoms with Crippen LogP contribution in [0, 0.1) is 139 Å². The van der Waals surface area contributed by atoms with E-state index in [1.165, 1.54) is 116 Å². The molecule has 2 aromatic carbocycles. The average Bonchev–Trinajstić information content (AvgIpc) is 1.64. The Bertz CT molecular complexity index is 4060. The summed E-state index contributed by atoms with van der Waals surface area (Å²) < 4.78 is 80.7. The van der Waals surface area contributed by atoms with Gasteiger partial charge < -0.3 is 55.8 Å². The fraction of sp³-hybridized carbons (Fsp3) is 0.876. The molecule has 5 saturated heterocycles. The molecule has 4 unspecified atom stereocenters. The summed E-state index contributed by atoms with van der Waals surface area (Å²) in [6.45, 7) is 34.0. The zero-order chi connectivity index (χ0) is 89.9. The van der Waals surface area contributed by atoms with Gasteiger partial charge in [0.05, 0.1) is 81.8 Å². The molecule has 2 aromatic rings. The summed E-state index contributed by atoms with van der Waals surface area (Å²) in [6, 6.07) is 17.9. The van der Waals surface area contributed by atoms with Crippen molar-refractivity contribution in [3.8, 4) is 0 Å². The minimum absolute atomic E-state index is 0. The Morgan fingerprint density at radius 2 is 0.810 bits per heavy atom. The maximum atomic E-state index is 14.2. The zero-order valence-electron chi connectivity index (χ0n) is 81.7. The molecule has 19 rings (SSSR count). The van der Waals surface area contributed by atoms with Crippen LogP contribution in [0.1, 0.15) is 310 Å². The molecule has 0 radical (unpaired) electrons. The van der Waals surface area contributed by atoms with E-state index in [9.17, 15) is 47.2 Å². The molecule has 0 aromatic heterocycles. The number of epoxide rings is 1. The second-order valence-corrected chi connectivity index (χ2v) is 63.2. The first-order chi connectivity index (χ1) is 58.1. The Kier molecular flexibility index (Phi) is 34.8. The van der Waals surface area contributed by atoms with Crippen LogP contribution in [0.2, 0.25) is 0 Å². The molecule has 0 bridgehead atoms. The number of hydrogen-bond acceptors (Lipinski definition) is 16. The van der Waals surface area contributed by atoms with Crippen molar-refractivity contribution in [3.63, 3.8) is 0 Å². The predicted molar refractivity (Wildman–Crippen MR) is 515 cm³/mol. The molecule has 12 aliphatic carbocycles. The summed E-state index contributed by atoms with van der Waals surface area (Å²) >= 11 is 2.46. The van der Waals surface area contributed by atoms with Crippen molar-refractivity contribution in [1.82, 2.24) is 0 Å². The quantitative estimate of drug-likeness (QED) is 0.0584. The molecule has 17 aliphatic rings. The van der Waals surface area contributed by atoms with E-state index in [0.29, 0.717) is 112 Å². The number of Topliss-reactive ketones (excluding diaryl/α,β-unsaturated/α-hetero) is 1. The molecule has 12 saturated carbocycles. The van der Waals surface area contributed by atoms with Crippen LogP contribution in [-0.4, -0.2) is 183 Å². The summed E-state index contributed by atoms with van der Waals surface area (Å²) in [6.07, 6.45) is 44.6.